The summed E-state index contributed by atoms with van der Waals surface area (Å²) < 4.78 is 36.4. The molecule has 1 aliphatic heterocycles. The Balaban J connectivity index is 1.25. The first-order valence-corrected chi connectivity index (χ1v) is 11.6. The molecule has 0 bridgehead atoms. The summed E-state index contributed by atoms with van der Waals surface area (Å²) in [5, 5.41) is 15.3. The predicted molar refractivity (Wildman–Crippen MR) is 129 cm³/mol. The van der Waals surface area contributed by atoms with Crippen LogP contribution in [0.4, 0.5) is 4.39 Å². The van der Waals surface area contributed by atoms with Crippen molar-refractivity contribution < 1.29 is 23.1 Å². The Morgan fingerprint density at radius 1 is 1.03 bits per heavy atom. The number of nitrogens with one attached hydrogen (secondary N) is 2. The molecule has 0 radical (unpaired) electrons. The SMILES string of the molecule is COCCOc1cc2[nH]nc(-c3cc(-c4ccc(OCCN5CCNCC5)cc4)no3)c2cc1F. The summed E-state index contributed by atoms with van der Waals surface area (Å²) in [5.74, 6) is 0.904. The van der Waals surface area contributed by atoms with Crippen molar-refractivity contribution >= 4 is 10.9 Å². The lowest BCUT2D eigenvalue weighted by atomic mass is 10.1. The Morgan fingerprint density at radius 2 is 1.86 bits per heavy atom. The second kappa shape index (κ2) is 10.9. The summed E-state index contributed by atoms with van der Waals surface area (Å²) in [5.41, 5.74) is 2.65. The summed E-state index contributed by atoms with van der Waals surface area (Å²) >= 11 is 0. The second-order valence-electron chi connectivity index (χ2n) is 8.28. The van der Waals surface area contributed by atoms with Crippen LogP contribution in [0.25, 0.3) is 33.6 Å². The maximum Gasteiger partial charge on any atom is 0.188 e. The summed E-state index contributed by atoms with van der Waals surface area (Å²) in [4.78, 5) is 2.39. The van der Waals surface area contributed by atoms with Gasteiger partial charge in [-0.3, -0.25) is 10.00 Å². The molecule has 2 aromatic heterocycles. The molecule has 184 valence electrons. The first-order valence-electron chi connectivity index (χ1n) is 11.6. The standard InChI is InChI=1S/C25H28FN5O4/c1-32-12-13-34-23-16-22-19(14-20(23)26)25(29-28-22)24-15-21(30-35-24)17-2-4-18(5-3-17)33-11-10-31-8-6-27-7-9-31/h2-5,14-16,27H,6-13H2,1H3,(H,28,29). The van der Waals surface area contributed by atoms with E-state index in [1.807, 2.05) is 24.3 Å². The first-order chi connectivity index (χ1) is 17.2. The molecule has 2 aromatic carbocycles. The number of benzene rings is 2. The number of halogens is 1. The maximum absolute atomic E-state index is 14.6. The number of piperazine rings is 1. The molecule has 0 atom stereocenters. The Bertz CT molecular complexity index is 1250. The zero-order valence-corrected chi connectivity index (χ0v) is 19.6. The molecule has 1 saturated heterocycles. The number of fused-ring (bicyclic) bond motifs is 1. The van der Waals surface area contributed by atoms with Gasteiger partial charge in [0.25, 0.3) is 0 Å². The van der Waals surface area contributed by atoms with Gasteiger partial charge in [-0.2, -0.15) is 5.10 Å². The molecule has 10 heteroatoms. The van der Waals surface area contributed by atoms with E-state index in [2.05, 4.69) is 25.6 Å². The minimum absolute atomic E-state index is 0.137. The minimum atomic E-state index is -0.483. The number of nitrogens with zero attached hydrogens (tertiary/aromatic N) is 3. The summed E-state index contributed by atoms with van der Waals surface area (Å²) in [7, 11) is 1.56. The topological polar surface area (TPSA) is 97.7 Å². The lowest BCUT2D eigenvalue weighted by Crippen LogP contribution is -2.44. The van der Waals surface area contributed by atoms with Gasteiger partial charge in [-0.25, -0.2) is 4.39 Å². The lowest BCUT2D eigenvalue weighted by molar-refractivity contribution is 0.144. The number of aromatic nitrogens is 3. The van der Waals surface area contributed by atoms with Gasteiger partial charge in [-0.15, -0.1) is 0 Å². The van der Waals surface area contributed by atoms with Gasteiger partial charge in [0.05, 0.1) is 12.1 Å². The smallest absolute Gasteiger partial charge is 0.188 e. The average molecular weight is 482 g/mol. The van der Waals surface area contributed by atoms with Gasteiger partial charge in [-0.1, -0.05) is 5.16 Å². The molecule has 35 heavy (non-hydrogen) atoms. The van der Waals surface area contributed by atoms with Crippen molar-refractivity contribution in [3.63, 3.8) is 0 Å². The highest BCUT2D eigenvalue weighted by molar-refractivity contribution is 5.92. The van der Waals surface area contributed by atoms with Crippen LogP contribution in [0.15, 0.2) is 47.0 Å². The molecule has 3 heterocycles. The fourth-order valence-electron chi connectivity index (χ4n) is 4.02. The monoisotopic (exact) mass is 481 g/mol. The predicted octanol–water partition coefficient (Wildman–Crippen LogP) is 3.33. The van der Waals surface area contributed by atoms with E-state index in [0.29, 0.717) is 41.3 Å². The zero-order valence-electron chi connectivity index (χ0n) is 19.6. The van der Waals surface area contributed by atoms with Gasteiger partial charge >= 0.3 is 0 Å². The number of rotatable bonds is 10. The summed E-state index contributed by atoms with van der Waals surface area (Å²) in [6.07, 6.45) is 0. The largest absolute Gasteiger partial charge is 0.492 e. The van der Waals surface area contributed by atoms with Gasteiger partial charge in [0.15, 0.2) is 17.3 Å². The van der Waals surface area contributed by atoms with E-state index in [0.717, 1.165) is 44.0 Å². The molecule has 0 amide bonds. The number of methoxy groups -OCH3 is 1. The summed E-state index contributed by atoms with van der Waals surface area (Å²) in [6.45, 7) is 6.35. The van der Waals surface area contributed by atoms with Crippen molar-refractivity contribution in [3.8, 4) is 34.2 Å². The Morgan fingerprint density at radius 3 is 2.66 bits per heavy atom. The van der Waals surface area contributed by atoms with E-state index in [1.165, 1.54) is 6.07 Å². The molecule has 5 rings (SSSR count). The van der Waals surface area contributed by atoms with E-state index in [9.17, 15) is 4.39 Å². The van der Waals surface area contributed by atoms with Crippen LogP contribution in [-0.4, -0.2) is 79.9 Å². The molecule has 0 spiro atoms. The lowest BCUT2D eigenvalue weighted by Gasteiger charge is -2.26. The quantitative estimate of drug-likeness (QED) is 0.333. The van der Waals surface area contributed by atoms with Crippen LogP contribution in [-0.2, 0) is 4.74 Å². The van der Waals surface area contributed by atoms with E-state index in [4.69, 9.17) is 18.7 Å². The molecule has 1 aliphatic rings. The second-order valence-corrected chi connectivity index (χ2v) is 8.28. The molecule has 9 nitrogen and oxygen atoms in total. The zero-order chi connectivity index (χ0) is 24.0. The Hall–Kier alpha value is -3.47. The van der Waals surface area contributed by atoms with E-state index in [1.54, 1.807) is 19.2 Å². The van der Waals surface area contributed by atoms with Gasteiger partial charge in [0.2, 0.25) is 0 Å². The van der Waals surface area contributed by atoms with Crippen LogP contribution < -0.4 is 14.8 Å². The molecule has 0 unspecified atom stereocenters. The molecule has 1 fully saturated rings. The fourth-order valence-corrected chi connectivity index (χ4v) is 4.02. The average Bonchev–Trinajstić information content (AvgIpc) is 3.52. The van der Waals surface area contributed by atoms with Crippen LogP contribution in [0.3, 0.4) is 0 Å². The van der Waals surface area contributed by atoms with Crippen LogP contribution >= 0.6 is 0 Å². The first kappa shape index (κ1) is 23.3. The van der Waals surface area contributed by atoms with Crippen molar-refractivity contribution in [1.82, 2.24) is 25.6 Å². The van der Waals surface area contributed by atoms with Crippen molar-refractivity contribution in [2.24, 2.45) is 0 Å². The van der Waals surface area contributed by atoms with Gasteiger partial charge in [0.1, 0.15) is 30.4 Å². The maximum atomic E-state index is 14.6. The highest BCUT2D eigenvalue weighted by Gasteiger charge is 2.17. The molecular weight excluding hydrogens is 453 g/mol. The van der Waals surface area contributed by atoms with Crippen molar-refractivity contribution in [1.29, 1.82) is 0 Å². The van der Waals surface area contributed by atoms with Crippen LogP contribution in [0.5, 0.6) is 11.5 Å². The van der Waals surface area contributed by atoms with Crippen molar-refractivity contribution in [2.45, 2.75) is 0 Å². The molecule has 0 aliphatic carbocycles. The van der Waals surface area contributed by atoms with Crippen LogP contribution in [0.2, 0.25) is 0 Å². The highest BCUT2D eigenvalue weighted by atomic mass is 19.1. The Kier molecular flexibility index (Phi) is 7.22. The summed E-state index contributed by atoms with van der Waals surface area (Å²) in [6, 6.07) is 12.5. The van der Waals surface area contributed by atoms with Gasteiger partial charge in [-0.05, 0) is 30.3 Å². The van der Waals surface area contributed by atoms with E-state index in [-0.39, 0.29) is 12.4 Å². The van der Waals surface area contributed by atoms with Crippen molar-refractivity contribution in [3.05, 3.63) is 48.3 Å². The molecular formula is C25H28FN5O4. The van der Waals surface area contributed by atoms with Gasteiger partial charge in [0, 0.05) is 62.9 Å². The number of hydrogen-bond donors (Lipinski definition) is 2. The molecule has 0 saturated carbocycles. The third-order valence-corrected chi connectivity index (χ3v) is 5.94. The third kappa shape index (κ3) is 5.45. The Labute approximate surface area is 202 Å². The fraction of sp³-hybridized carbons (Fsp3) is 0.360. The van der Waals surface area contributed by atoms with Crippen molar-refractivity contribution in [2.75, 3.05) is 59.7 Å². The molecule has 4 aromatic rings. The van der Waals surface area contributed by atoms with Crippen LogP contribution in [0, 0.1) is 5.82 Å². The van der Waals surface area contributed by atoms with Crippen LogP contribution in [0.1, 0.15) is 0 Å². The van der Waals surface area contributed by atoms with E-state index >= 15 is 0 Å². The number of H-pyrrole nitrogens is 1. The van der Waals surface area contributed by atoms with Gasteiger partial charge < -0.3 is 24.1 Å². The van der Waals surface area contributed by atoms with E-state index < -0.39 is 5.82 Å². The number of hydrogen-bond acceptors (Lipinski definition) is 8. The number of aromatic amines is 1. The third-order valence-electron chi connectivity index (χ3n) is 5.94. The number of ether oxygens (including phenoxy) is 3. The molecule has 2 N–H and O–H groups in total. The highest BCUT2D eigenvalue weighted by Crippen LogP contribution is 2.33. The minimum Gasteiger partial charge on any atom is -0.492 e. The normalized spacial score (nSPS) is 14.5.